The van der Waals surface area contributed by atoms with Crippen LogP contribution in [-0.4, -0.2) is 0 Å². The van der Waals surface area contributed by atoms with Crippen molar-refractivity contribution in [1.29, 1.82) is 0 Å². The van der Waals surface area contributed by atoms with E-state index < -0.39 is 0 Å². The number of anilines is 6. The molecule has 0 saturated carbocycles. The van der Waals surface area contributed by atoms with Crippen LogP contribution in [0, 0.1) is 0 Å². The summed E-state index contributed by atoms with van der Waals surface area (Å²) in [7, 11) is 0. The van der Waals surface area contributed by atoms with Crippen LogP contribution >= 0.6 is 11.3 Å². The van der Waals surface area contributed by atoms with Crippen LogP contribution in [0.5, 0.6) is 0 Å². The third-order valence-electron chi connectivity index (χ3n) is 9.60. The molecule has 8 aromatic rings. The highest BCUT2D eigenvalue weighted by atomic mass is 32.1. The lowest BCUT2D eigenvalue weighted by atomic mass is 9.99. The number of thiophene rings is 1. The molecule has 3 heteroatoms. The predicted octanol–water partition coefficient (Wildman–Crippen LogP) is 14.4. The van der Waals surface area contributed by atoms with E-state index in [2.05, 4.69) is 195 Å². The van der Waals surface area contributed by atoms with E-state index in [1.165, 1.54) is 47.8 Å². The van der Waals surface area contributed by atoms with Crippen LogP contribution in [0.2, 0.25) is 0 Å². The maximum Gasteiger partial charge on any atom is 0.0554 e. The molecule has 0 aliphatic rings. The Morgan fingerprint density at radius 3 is 1.43 bits per heavy atom. The van der Waals surface area contributed by atoms with Crippen LogP contribution in [0.15, 0.2) is 158 Å². The van der Waals surface area contributed by atoms with Gasteiger partial charge in [0.25, 0.3) is 0 Å². The molecule has 1 aromatic heterocycles. The number of para-hydroxylation sites is 2. The van der Waals surface area contributed by atoms with Gasteiger partial charge >= 0.3 is 0 Å². The molecule has 0 aliphatic carbocycles. The molecule has 0 N–H and O–H groups in total. The molecule has 49 heavy (non-hydrogen) atoms. The highest BCUT2D eigenvalue weighted by Gasteiger charge is 2.21. The minimum Gasteiger partial charge on any atom is -0.310 e. The Morgan fingerprint density at radius 1 is 0.388 bits per heavy atom. The first-order valence-corrected chi connectivity index (χ1v) is 18.1. The van der Waals surface area contributed by atoms with Gasteiger partial charge in [-0.05, 0) is 95.1 Å². The predicted molar refractivity (Wildman–Crippen MR) is 214 cm³/mol. The van der Waals surface area contributed by atoms with Gasteiger partial charge in [-0.2, -0.15) is 0 Å². The standard InChI is InChI=1S/C46H40N2S/c1-31(2)33-19-23-37(24-20-33)47(35-13-7-5-8-14-35)39-27-28-42-44(29-39)49-45-30-43(40-17-11-12-18-41(40)46(42)45)48(36-15-9-6-10-16-36)38-25-21-34(22-26-38)32(3)4/h5-32H,1-4H3. The van der Waals surface area contributed by atoms with E-state index in [1.54, 1.807) is 0 Å². The summed E-state index contributed by atoms with van der Waals surface area (Å²) in [5.41, 5.74) is 9.65. The van der Waals surface area contributed by atoms with Crippen LogP contribution in [-0.2, 0) is 0 Å². The van der Waals surface area contributed by atoms with Gasteiger partial charge in [-0.15, -0.1) is 11.3 Å². The summed E-state index contributed by atoms with van der Waals surface area (Å²) in [5.74, 6) is 0.975. The fourth-order valence-corrected chi connectivity index (χ4v) is 8.17. The topological polar surface area (TPSA) is 6.48 Å². The monoisotopic (exact) mass is 652 g/mol. The highest BCUT2D eigenvalue weighted by molar-refractivity contribution is 7.26. The zero-order chi connectivity index (χ0) is 33.5. The SMILES string of the molecule is CC(C)c1ccc(N(c2ccccc2)c2ccc3c(c2)sc2cc(N(c4ccccc4)c4ccc(C(C)C)cc4)c4ccccc4c23)cc1. The van der Waals surface area contributed by atoms with Crippen molar-refractivity contribution in [1.82, 2.24) is 0 Å². The van der Waals surface area contributed by atoms with Crippen molar-refractivity contribution >= 4 is 76.4 Å². The Morgan fingerprint density at radius 2 is 0.857 bits per heavy atom. The van der Waals surface area contributed by atoms with Crippen LogP contribution in [0.4, 0.5) is 34.1 Å². The fourth-order valence-electron chi connectivity index (χ4n) is 6.98. The Balaban J connectivity index is 1.32. The second-order valence-electron chi connectivity index (χ2n) is 13.4. The van der Waals surface area contributed by atoms with Crippen molar-refractivity contribution in [2.24, 2.45) is 0 Å². The number of hydrogen-bond donors (Lipinski definition) is 0. The Hall–Kier alpha value is -5.38. The third-order valence-corrected chi connectivity index (χ3v) is 10.7. The quantitative estimate of drug-likeness (QED) is 0.161. The molecular weight excluding hydrogens is 613 g/mol. The number of hydrogen-bond acceptors (Lipinski definition) is 3. The molecular formula is C46H40N2S. The molecule has 7 aromatic carbocycles. The molecule has 2 nitrogen and oxygen atoms in total. The second-order valence-corrected chi connectivity index (χ2v) is 14.5. The molecule has 0 saturated heterocycles. The highest BCUT2D eigenvalue weighted by Crippen LogP contribution is 2.47. The zero-order valence-corrected chi connectivity index (χ0v) is 29.3. The van der Waals surface area contributed by atoms with Gasteiger partial charge < -0.3 is 9.80 Å². The number of rotatable bonds is 8. The van der Waals surface area contributed by atoms with Crippen molar-refractivity contribution in [2.75, 3.05) is 9.80 Å². The van der Waals surface area contributed by atoms with Crippen molar-refractivity contribution in [3.05, 3.63) is 169 Å². The summed E-state index contributed by atoms with van der Waals surface area (Å²) in [6, 6.07) is 57.9. The van der Waals surface area contributed by atoms with Crippen LogP contribution < -0.4 is 9.80 Å². The molecule has 0 unspecified atom stereocenters. The Bertz CT molecular complexity index is 2370. The van der Waals surface area contributed by atoms with E-state index in [-0.39, 0.29) is 0 Å². The summed E-state index contributed by atoms with van der Waals surface area (Å²) in [4.78, 5) is 4.79. The van der Waals surface area contributed by atoms with Gasteiger partial charge in [0, 0.05) is 54.0 Å². The Labute approximate surface area is 293 Å². The fraction of sp³-hybridized carbons (Fsp3) is 0.130. The summed E-state index contributed by atoms with van der Waals surface area (Å²) in [6.07, 6.45) is 0. The smallest absolute Gasteiger partial charge is 0.0554 e. The van der Waals surface area contributed by atoms with Crippen LogP contribution in [0.1, 0.15) is 50.7 Å². The molecule has 8 rings (SSSR count). The van der Waals surface area contributed by atoms with Crippen LogP contribution in [0.25, 0.3) is 30.9 Å². The number of nitrogens with zero attached hydrogens (tertiary/aromatic N) is 2. The number of fused-ring (bicyclic) bond motifs is 5. The molecule has 0 atom stereocenters. The minimum atomic E-state index is 0.483. The van der Waals surface area contributed by atoms with Crippen LogP contribution in [0.3, 0.4) is 0 Å². The van der Waals surface area contributed by atoms with Gasteiger partial charge in [0.05, 0.1) is 5.69 Å². The van der Waals surface area contributed by atoms with Crippen molar-refractivity contribution in [3.63, 3.8) is 0 Å². The molecule has 0 fully saturated rings. The molecule has 0 bridgehead atoms. The van der Waals surface area contributed by atoms with E-state index in [4.69, 9.17) is 0 Å². The third kappa shape index (κ3) is 5.75. The van der Waals surface area contributed by atoms with Gasteiger partial charge in [-0.1, -0.05) is 119 Å². The van der Waals surface area contributed by atoms with E-state index in [0.29, 0.717) is 11.8 Å². The maximum atomic E-state index is 2.42. The first-order chi connectivity index (χ1) is 24.0. The van der Waals surface area contributed by atoms with Gasteiger partial charge in [0.2, 0.25) is 0 Å². The molecule has 0 spiro atoms. The molecule has 0 aliphatic heterocycles. The average molecular weight is 653 g/mol. The lowest BCUT2D eigenvalue weighted by Gasteiger charge is -2.27. The lowest BCUT2D eigenvalue weighted by Crippen LogP contribution is -2.10. The normalized spacial score (nSPS) is 11.6. The molecule has 0 amide bonds. The van der Waals surface area contributed by atoms with E-state index >= 15 is 0 Å². The van der Waals surface area contributed by atoms with Gasteiger partial charge in [0.1, 0.15) is 0 Å². The van der Waals surface area contributed by atoms with Crippen molar-refractivity contribution in [3.8, 4) is 0 Å². The second kappa shape index (κ2) is 12.9. The average Bonchev–Trinajstić information content (AvgIpc) is 3.51. The minimum absolute atomic E-state index is 0.483. The lowest BCUT2D eigenvalue weighted by molar-refractivity contribution is 0.866. The molecule has 240 valence electrons. The summed E-state index contributed by atoms with van der Waals surface area (Å²) >= 11 is 1.88. The summed E-state index contributed by atoms with van der Waals surface area (Å²) in [6.45, 7) is 8.99. The van der Waals surface area contributed by atoms with E-state index in [1.807, 2.05) is 11.3 Å². The molecule has 0 radical (unpaired) electrons. The Kier molecular flexibility index (Phi) is 8.15. The molecule has 1 heterocycles. The van der Waals surface area contributed by atoms with Gasteiger partial charge in [-0.25, -0.2) is 0 Å². The summed E-state index contributed by atoms with van der Waals surface area (Å²) in [5, 5.41) is 5.13. The van der Waals surface area contributed by atoms with Crippen molar-refractivity contribution < 1.29 is 0 Å². The van der Waals surface area contributed by atoms with Gasteiger partial charge in [-0.3, -0.25) is 0 Å². The van der Waals surface area contributed by atoms with E-state index in [9.17, 15) is 0 Å². The first kappa shape index (κ1) is 30.9. The van der Waals surface area contributed by atoms with Gasteiger partial charge in [0.15, 0.2) is 0 Å². The summed E-state index contributed by atoms with van der Waals surface area (Å²) < 4.78 is 2.57. The first-order valence-electron chi connectivity index (χ1n) is 17.2. The van der Waals surface area contributed by atoms with E-state index in [0.717, 1.165) is 28.4 Å². The largest absolute Gasteiger partial charge is 0.310 e. The number of benzene rings is 7. The van der Waals surface area contributed by atoms with Crippen molar-refractivity contribution in [2.45, 2.75) is 39.5 Å². The maximum absolute atomic E-state index is 2.42. The zero-order valence-electron chi connectivity index (χ0n) is 28.5.